The van der Waals surface area contributed by atoms with E-state index >= 15 is 0 Å². The van der Waals surface area contributed by atoms with E-state index in [2.05, 4.69) is 35.8 Å². The lowest BCUT2D eigenvalue weighted by Gasteiger charge is -2.48. The van der Waals surface area contributed by atoms with Gasteiger partial charge in [-0.3, -0.25) is 9.11 Å². The zero-order chi connectivity index (χ0) is 12.1. The summed E-state index contributed by atoms with van der Waals surface area (Å²) in [5.74, 6) is 3.81. The average molecular weight is 244 g/mol. The fourth-order valence-electron chi connectivity index (χ4n) is 3.28. The molecule has 2 fully saturated rings. The van der Waals surface area contributed by atoms with Crippen molar-refractivity contribution >= 4 is 15.6 Å². The summed E-state index contributed by atoms with van der Waals surface area (Å²) < 4.78 is 14.1. The predicted molar refractivity (Wildman–Crippen MR) is 71.2 cm³/mol. The highest BCUT2D eigenvalue weighted by atomic mass is 32.2. The maximum atomic E-state index is 12.0. The van der Waals surface area contributed by atoms with Crippen LogP contribution in [0, 0.1) is 0 Å². The third kappa shape index (κ3) is 2.15. The van der Waals surface area contributed by atoms with Crippen LogP contribution in [0.2, 0.25) is 0 Å². The second-order valence-corrected chi connectivity index (χ2v) is 8.70. The summed E-state index contributed by atoms with van der Waals surface area (Å²) in [5, 5.41) is 0. The predicted octanol–water partition coefficient (Wildman–Crippen LogP) is 1.19. The number of hydrogen-bond donors (Lipinski definition) is 0. The fourth-order valence-corrected chi connectivity index (χ4v) is 4.25. The van der Waals surface area contributed by atoms with Crippen molar-refractivity contribution < 1.29 is 4.21 Å². The fraction of sp³-hybridized carbons (Fsp3) is 0.917. The van der Waals surface area contributed by atoms with E-state index < -0.39 is 9.71 Å². The van der Waals surface area contributed by atoms with Crippen molar-refractivity contribution in [1.29, 1.82) is 0 Å². The Hall–Kier alpha value is -0.0600. The van der Waals surface area contributed by atoms with Gasteiger partial charge in [0.2, 0.25) is 0 Å². The van der Waals surface area contributed by atoms with Gasteiger partial charge < -0.3 is 0 Å². The van der Waals surface area contributed by atoms with Crippen LogP contribution in [0.3, 0.4) is 0 Å². The van der Waals surface area contributed by atoms with Crippen molar-refractivity contribution in [3.8, 4) is 0 Å². The quantitative estimate of drug-likeness (QED) is 0.647. The molecule has 0 spiro atoms. The molecule has 0 aliphatic carbocycles. The van der Waals surface area contributed by atoms with Gasteiger partial charge in [-0.1, -0.05) is 0 Å². The maximum Gasteiger partial charge on any atom is 0.0264 e. The molecule has 0 N–H and O–H groups in total. The molecular weight excluding hydrogens is 220 g/mol. The van der Waals surface area contributed by atoms with Gasteiger partial charge in [0.05, 0.1) is 0 Å². The van der Waals surface area contributed by atoms with Crippen molar-refractivity contribution in [3.63, 3.8) is 0 Å². The van der Waals surface area contributed by atoms with Crippen molar-refractivity contribution in [2.24, 2.45) is 0 Å². The maximum absolute atomic E-state index is 12.0. The summed E-state index contributed by atoms with van der Waals surface area (Å²) in [6.45, 7) is 8.68. The molecule has 3 nitrogen and oxygen atoms in total. The van der Waals surface area contributed by atoms with Crippen molar-refractivity contribution in [2.75, 3.05) is 19.3 Å². The summed E-state index contributed by atoms with van der Waals surface area (Å²) in [6, 6.07) is 1.14. The summed E-state index contributed by atoms with van der Waals surface area (Å²) in [5.41, 5.74) is 0.230. The molecule has 3 atom stereocenters. The van der Waals surface area contributed by atoms with Gasteiger partial charge in [0, 0.05) is 46.7 Å². The van der Waals surface area contributed by atoms with Gasteiger partial charge in [0.25, 0.3) is 0 Å². The van der Waals surface area contributed by atoms with Gasteiger partial charge in [0.15, 0.2) is 0 Å². The Balaban J connectivity index is 2.19. The number of rotatable bonds is 1. The van der Waals surface area contributed by atoms with E-state index in [1.807, 2.05) is 0 Å². The normalized spacial score (nSPS) is 36.2. The smallest absolute Gasteiger partial charge is 0.0264 e. The van der Waals surface area contributed by atoms with Crippen LogP contribution >= 0.6 is 0 Å². The number of piperazine rings is 1. The molecule has 0 aromatic rings. The lowest BCUT2D eigenvalue weighted by atomic mass is 10.0. The van der Waals surface area contributed by atoms with Crippen LogP contribution in [-0.2, 0) is 9.71 Å². The van der Waals surface area contributed by atoms with Crippen molar-refractivity contribution in [2.45, 2.75) is 51.2 Å². The van der Waals surface area contributed by atoms with Gasteiger partial charge in [-0.15, -0.1) is 0 Å². The second kappa shape index (κ2) is 3.72. The van der Waals surface area contributed by atoms with E-state index in [-0.39, 0.29) is 5.54 Å². The zero-order valence-electron chi connectivity index (χ0n) is 10.9. The molecule has 2 heterocycles. The Kier molecular flexibility index (Phi) is 2.88. The molecular formula is C12H24N2OS. The van der Waals surface area contributed by atoms with Crippen LogP contribution in [-0.4, -0.2) is 56.3 Å². The van der Waals surface area contributed by atoms with Gasteiger partial charge >= 0.3 is 0 Å². The van der Waals surface area contributed by atoms with Crippen LogP contribution < -0.4 is 0 Å². The summed E-state index contributed by atoms with van der Waals surface area (Å²) in [7, 11) is -2.01. The van der Waals surface area contributed by atoms with Gasteiger partial charge in [-0.2, -0.15) is 0 Å². The minimum Gasteiger partial charge on any atom is -0.290 e. The van der Waals surface area contributed by atoms with Crippen molar-refractivity contribution in [1.82, 2.24) is 9.21 Å². The monoisotopic (exact) mass is 244 g/mol. The molecule has 0 aromatic heterocycles. The minimum absolute atomic E-state index is 0.230. The van der Waals surface area contributed by atoms with Crippen LogP contribution in [0.4, 0.5) is 0 Å². The van der Waals surface area contributed by atoms with Crippen molar-refractivity contribution in [3.05, 3.63) is 0 Å². The number of hydrogen-bond acceptors (Lipinski definition) is 2. The molecule has 3 unspecified atom stereocenters. The van der Waals surface area contributed by atoms with Crippen LogP contribution in [0.15, 0.2) is 0 Å². The van der Waals surface area contributed by atoms with E-state index in [0.29, 0.717) is 12.1 Å². The second-order valence-electron chi connectivity index (χ2n) is 6.27. The topological polar surface area (TPSA) is 23.6 Å². The largest absolute Gasteiger partial charge is 0.290 e. The van der Waals surface area contributed by atoms with E-state index in [1.165, 1.54) is 12.8 Å². The average Bonchev–Trinajstić information content (AvgIpc) is 2.35. The van der Waals surface area contributed by atoms with E-state index in [9.17, 15) is 4.21 Å². The van der Waals surface area contributed by atoms with Crippen LogP contribution in [0.5, 0.6) is 0 Å². The van der Waals surface area contributed by atoms with E-state index in [4.69, 9.17) is 0 Å². The Bertz CT molecular complexity index is 355. The van der Waals surface area contributed by atoms with Gasteiger partial charge in [-0.05, 0) is 39.5 Å². The molecule has 0 saturated carbocycles. The molecule has 2 aliphatic rings. The molecule has 2 saturated heterocycles. The standard InChI is InChI=1S/C12H24N2OS/c1-12(2,3)14-10-6-7-11(14)9-13(8-10)16(4,5)15/h10-11H,4,6-9H2,1-3,5H3. The molecule has 0 radical (unpaired) electrons. The first-order valence-electron chi connectivity index (χ1n) is 6.05. The number of nitrogens with zero attached hydrogens (tertiary/aromatic N) is 2. The summed E-state index contributed by atoms with van der Waals surface area (Å²) in [4.78, 5) is 2.62. The third-order valence-corrected chi connectivity index (χ3v) is 5.16. The molecule has 0 aromatic carbocycles. The first-order valence-corrected chi connectivity index (χ1v) is 8.14. The molecule has 4 heteroatoms. The lowest BCUT2D eigenvalue weighted by Crippen LogP contribution is -2.60. The molecule has 2 rings (SSSR count). The Labute approximate surface area is 99.9 Å². The first-order chi connectivity index (χ1) is 7.19. The highest BCUT2D eigenvalue weighted by molar-refractivity contribution is 7.97. The van der Waals surface area contributed by atoms with Gasteiger partial charge in [0.1, 0.15) is 0 Å². The van der Waals surface area contributed by atoms with E-state index in [0.717, 1.165) is 13.1 Å². The first kappa shape index (κ1) is 12.4. The van der Waals surface area contributed by atoms with Crippen LogP contribution in [0.25, 0.3) is 0 Å². The molecule has 16 heavy (non-hydrogen) atoms. The Morgan fingerprint density at radius 2 is 1.62 bits per heavy atom. The highest BCUT2D eigenvalue weighted by Crippen LogP contribution is 2.36. The zero-order valence-corrected chi connectivity index (χ0v) is 11.7. The SMILES string of the molecule is C=S(C)(=O)N1CC2CCC(C1)N2C(C)(C)C. The lowest BCUT2D eigenvalue weighted by molar-refractivity contribution is 0.0295. The van der Waals surface area contributed by atoms with Crippen LogP contribution in [0.1, 0.15) is 33.6 Å². The van der Waals surface area contributed by atoms with E-state index in [1.54, 1.807) is 6.26 Å². The Morgan fingerprint density at radius 1 is 1.19 bits per heavy atom. The number of fused-ring (bicyclic) bond motifs is 2. The molecule has 0 amide bonds. The molecule has 2 aliphatic heterocycles. The third-order valence-electron chi connectivity index (χ3n) is 3.77. The summed E-state index contributed by atoms with van der Waals surface area (Å²) in [6.07, 6.45) is 4.25. The van der Waals surface area contributed by atoms with Gasteiger partial charge in [-0.25, -0.2) is 4.31 Å². The summed E-state index contributed by atoms with van der Waals surface area (Å²) >= 11 is 0. The molecule has 2 bridgehead atoms. The molecule has 94 valence electrons. The minimum atomic E-state index is -2.01. The Morgan fingerprint density at radius 3 is 1.94 bits per heavy atom. The highest BCUT2D eigenvalue weighted by Gasteiger charge is 2.45.